The maximum atomic E-state index is 12.6. The lowest BCUT2D eigenvalue weighted by molar-refractivity contribution is 0.0865. The highest BCUT2D eigenvalue weighted by Gasteiger charge is 2.22. The molecule has 1 saturated carbocycles. The van der Waals surface area contributed by atoms with Crippen LogP contribution in [0.4, 0.5) is 0 Å². The fourth-order valence-corrected chi connectivity index (χ4v) is 2.99. The van der Waals surface area contributed by atoms with Crippen molar-refractivity contribution in [2.24, 2.45) is 0 Å². The van der Waals surface area contributed by atoms with Crippen LogP contribution in [-0.4, -0.2) is 23.2 Å². The van der Waals surface area contributed by atoms with Crippen molar-refractivity contribution in [2.75, 3.05) is 0 Å². The van der Waals surface area contributed by atoms with Gasteiger partial charge in [-0.2, -0.15) is 5.26 Å². The zero-order valence-corrected chi connectivity index (χ0v) is 13.8. The summed E-state index contributed by atoms with van der Waals surface area (Å²) in [4.78, 5) is 12.6. The summed E-state index contributed by atoms with van der Waals surface area (Å²) < 4.78 is 5.84. The molecule has 2 aromatic rings. The Hall–Kier alpha value is -2.84. The average Bonchev–Trinajstić information content (AvgIpc) is 2.64. The molecule has 0 aliphatic heterocycles. The highest BCUT2D eigenvalue weighted by molar-refractivity contribution is 5.97. The molecule has 0 spiro atoms. The predicted molar refractivity (Wildman–Crippen MR) is 93.4 cm³/mol. The van der Waals surface area contributed by atoms with E-state index in [0.717, 1.165) is 12.8 Å². The van der Waals surface area contributed by atoms with Gasteiger partial charge in [-0.25, -0.2) is 0 Å². The number of carbonyl (C=O) groups is 1. The fraction of sp³-hybridized carbons (Fsp3) is 0.300. The van der Waals surface area contributed by atoms with E-state index in [1.54, 1.807) is 48.5 Å². The van der Waals surface area contributed by atoms with E-state index in [0.29, 0.717) is 35.5 Å². The number of hydrogen-bond acceptors (Lipinski definition) is 4. The second-order valence-corrected chi connectivity index (χ2v) is 6.19. The van der Waals surface area contributed by atoms with E-state index in [4.69, 9.17) is 4.74 Å². The van der Waals surface area contributed by atoms with Crippen LogP contribution < -0.4 is 10.1 Å². The van der Waals surface area contributed by atoms with E-state index in [2.05, 4.69) is 11.4 Å². The van der Waals surface area contributed by atoms with Gasteiger partial charge in [0.15, 0.2) is 0 Å². The minimum atomic E-state index is -0.258. The summed E-state index contributed by atoms with van der Waals surface area (Å²) in [5.74, 6) is 0.635. The summed E-state index contributed by atoms with van der Waals surface area (Å²) in [5.41, 5.74) is 0.848. The van der Waals surface area contributed by atoms with Crippen molar-refractivity contribution in [1.29, 1.82) is 5.26 Å². The largest absolute Gasteiger partial charge is 0.455 e. The van der Waals surface area contributed by atoms with Crippen LogP contribution >= 0.6 is 0 Å². The second-order valence-electron chi connectivity index (χ2n) is 6.19. The van der Waals surface area contributed by atoms with E-state index in [-0.39, 0.29) is 18.1 Å². The first kappa shape index (κ1) is 17.0. The number of aliphatic hydroxyl groups excluding tert-OH is 1. The number of amides is 1. The summed E-state index contributed by atoms with van der Waals surface area (Å²) in [7, 11) is 0. The molecular formula is C20H20N2O3. The number of ether oxygens (including phenoxy) is 1. The van der Waals surface area contributed by atoms with Gasteiger partial charge < -0.3 is 15.2 Å². The summed E-state index contributed by atoms with van der Waals surface area (Å²) in [6.07, 6.45) is 2.70. The zero-order valence-electron chi connectivity index (χ0n) is 13.8. The average molecular weight is 336 g/mol. The minimum Gasteiger partial charge on any atom is -0.455 e. The van der Waals surface area contributed by atoms with Gasteiger partial charge in [0.2, 0.25) is 0 Å². The number of nitrogens with one attached hydrogen (secondary N) is 1. The third kappa shape index (κ3) is 4.17. The first-order valence-electron chi connectivity index (χ1n) is 8.42. The van der Waals surface area contributed by atoms with Crippen molar-refractivity contribution >= 4 is 5.91 Å². The quantitative estimate of drug-likeness (QED) is 0.896. The highest BCUT2D eigenvalue weighted by atomic mass is 16.5. The molecule has 0 bridgehead atoms. The summed E-state index contributed by atoms with van der Waals surface area (Å²) in [5, 5.41) is 21.8. The zero-order chi connectivity index (χ0) is 17.6. The Morgan fingerprint density at radius 3 is 2.40 bits per heavy atom. The number of aliphatic hydroxyl groups is 1. The molecule has 5 heteroatoms. The number of nitrogens with zero attached hydrogens (tertiary/aromatic N) is 1. The van der Waals surface area contributed by atoms with Gasteiger partial charge in [0.05, 0.1) is 17.2 Å². The molecule has 0 aromatic heterocycles. The molecule has 1 aliphatic carbocycles. The number of carbonyl (C=O) groups excluding carboxylic acids is 1. The van der Waals surface area contributed by atoms with Gasteiger partial charge in [-0.05, 0) is 49.9 Å². The van der Waals surface area contributed by atoms with Crippen LogP contribution in [-0.2, 0) is 0 Å². The topological polar surface area (TPSA) is 82.3 Å². The molecule has 2 N–H and O–H groups in total. The molecule has 2 aromatic carbocycles. The third-order valence-corrected chi connectivity index (χ3v) is 4.39. The molecule has 128 valence electrons. The smallest absolute Gasteiger partial charge is 0.255 e. The molecule has 0 radical (unpaired) electrons. The van der Waals surface area contributed by atoms with E-state index in [9.17, 15) is 15.2 Å². The van der Waals surface area contributed by atoms with E-state index >= 15 is 0 Å². The molecule has 0 atom stereocenters. The van der Waals surface area contributed by atoms with E-state index in [1.807, 2.05) is 0 Å². The maximum Gasteiger partial charge on any atom is 0.255 e. The van der Waals surface area contributed by atoms with Crippen molar-refractivity contribution < 1.29 is 14.6 Å². The van der Waals surface area contributed by atoms with Gasteiger partial charge >= 0.3 is 0 Å². The SMILES string of the molecule is N#Cc1ccccc1Oc1ccccc1C(=O)NC1CCC(O)CC1. The normalized spacial score (nSPS) is 19.7. The Kier molecular flexibility index (Phi) is 5.32. The van der Waals surface area contributed by atoms with Gasteiger partial charge in [-0.3, -0.25) is 4.79 Å². The van der Waals surface area contributed by atoms with Gasteiger partial charge in [-0.1, -0.05) is 24.3 Å². The van der Waals surface area contributed by atoms with Gasteiger partial charge in [0.25, 0.3) is 5.91 Å². The third-order valence-electron chi connectivity index (χ3n) is 4.39. The first-order valence-corrected chi connectivity index (χ1v) is 8.42. The van der Waals surface area contributed by atoms with Crippen molar-refractivity contribution in [1.82, 2.24) is 5.32 Å². The lowest BCUT2D eigenvalue weighted by Crippen LogP contribution is -2.38. The minimum absolute atomic E-state index is 0.0651. The molecule has 0 saturated heterocycles. The number of rotatable bonds is 4. The van der Waals surface area contributed by atoms with E-state index in [1.165, 1.54) is 0 Å². The van der Waals surface area contributed by atoms with Crippen molar-refractivity contribution in [3.63, 3.8) is 0 Å². The van der Waals surface area contributed by atoms with Crippen LogP contribution in [0.15, 0.2) is 48.5 Å². The lowest BCUT2D eigenvalue weighted by atomic mass is 9.93. The van der Waals surface area contributed by atoms with Crippen molar-refractivity contribution in [3.05, 3.63) is 59.7 Å². The predicted octanol–water partition coefficient (Wildman–Crippen LogP) is 3.38. The van der Waals surface area contributed by atoms with Crippen LogP contribution in [0.1, 0.15) is 41.6 Å². The highest BCUT2D eigenvalue weighted by Crippen LogP contribution is 2.28. The lowest BCUT2D eigenvalue weighted by Gasteiger charge is -2.26. The van der Waals surface area contributed by atoms with Gasteiger partial charge in [-0.15, -0.1) is 0 Å². The van der Waals surface area contributed by atoms with Crippen molar-refractivity contribution in [3.8, 4) is 17.6 Å². The fourth-order valence-electron chi connectivity index (χ4n) is 2.99. The monoisotopic (exact) mass is 336 g/mol. The molecule has 0 heterocycles. The van der Waals surface area contributed by atoms with Crippen LogP contribution in [0.5, 0.6) is 11.5 Å². The first-order chi connectivity index (χ1) is 12.2. The summed E-state index contributed by atoms with van der Waals surface area (Å²) in [6, 6.07) is 16.1. The summed E-state index contributed by atoms with van der Waals surface area (Å²) in [6.45, 7) is 0. The van der Waals surface area contributed by atoms with Crippen LogP contribution in [0, 0.1) is 11.3 Å². The number of hydrogen-bond donors (Lipinski definition) is 2. The molecule has 1 fully saturated rings. The van der Waals surface area contributed by atoms with Gasteiger partial charge in [0, 0.05) is 6.04 Å². The molecule has 5 nitrogen and oxygen atoms in total. The Morgan fingerprint density at radius 1 is 1.04 bits per heavy atom. The number of benzene rings is 2. The Morgan fingerprint density at radius 2 is 1.68 bits per heavy atom. The van der Waals surface area contributed by atoms with Crippen molar-refractivity contribution in [2.45, 2.75) is 37.8 Å². The van der Waals surface area contributed by atoms with Crippen LogP contribution in [0.2, 0.25) is 0 Å². The van der Waals surface area contributed by atoms with Gasteiger partial charge in [0.1, 0.15) is 17.6 Å². The molecule has 0 unspecified atom stereocenters. The Labute approximate surface area is 146 Å². The number of nitriles is 1. The maximum absolute atomic E-state index is 12.6. The number of para-hydroxylation sites is 2. The Bertz CT molecular complexity index is 790. The van der Waals surface area contributed by atoms with E-state index < -0.39 is 0 Å². The summed E-state index contributed by atoms with van der Waals surface area (Å²) >= 11 is 0. The van der Waals surface area contributed by atoms with Crippen LogP contribution in [0.3, 0.4) is 0 Å². The second kappa shape index (κ2) is 7.82. The Balaban J connectivity index is 1.76. The molecular weight excluding hydrogens is 316 g/mol. The molecule has 1 aliphatic rings. The molecule has 25 heavy (non-hydrogen) atoms. The molecule has 1 amide bonds. The van der Waals surface area contributed by atoms with Crippen LogP contribution in [0.25, 0.3) is 0 Å². The standard InChI is InChI=1S/C20H20N2O3/c21-13-14-5-1-3-7-18(14)25-19-8-4-2-6-17(19)20(24)22-15-9-11-16(23)12-10-15/h1-8,15-16,23H,9-12H2,(H,22,24). The molecule has 3 rings (SSSR count).